The average molecular weight is 538 g/mol. The van der Waals surface area contributed by atoms with Crippen molar-refractivity contribution < 1.29 is 34.2 Å². The number of nitrogens with one attached hydrogen (secondary N) is 4. The molecular formula is C27H31N5O7. The molecule has 39 heavy (non-hydrogen) atoms. The molecule has 0 spiro atoms. The van der Waals surface area contributed by atoms with Gasteiger partial charge in [-0.1, -0.05) is 48.5 Å². The second-order valence-corrected chi connectivity index (χ2v) is 9.03. The Morgan fingerprint density at radius 3 is 2.15 bits per heavy atom. The third-order valence-electron chi connectivity index (χ3n) is 6.06. The molecule has 12 heteroatoms. The van der Waals surface area contributed by atoms with Crippen molar-refractivity contribution in [3.05, 3.63) is 71.9 Å². The first-order valence-corrected chi connectivity index (χ1v) is 12.3. The molecule has 0 bridgehead atoms. The zero-order chi connectivity index (χ0) is 28.4. The highest BCUT2D eigenvalue weighted by molar-refractivity contribution is 5.94. The Bertz CT molecular complexity index is 1320. The second-order valence-electron chi connectivity index (χ2n) is 9.03. The van der Waals surface area contributed by atoms with Crippen LogP contribution in [-0.4, -0.2) is 69.5 Å². The molecule has 0 saturated carbocycles. The highest BCUT2D eigenvalue weighted by Crippen LogP contribution is 2.19. The van der Waals surface area contributed by atoms with E-state index in [1.54, 1.807) is 36.5 Å². The van der Waals surface area contributed by atoms with Crippen LogP contribution in [0.5, 0.6) is 0 Å². The number of hydrogen-bond donors (Lipinski definition) is 7. The van der Waals surface area contributed by atoms with Gasteiger partial charge in [-0.15, -0.1) is 0 Å². The molecule has 1 aromatic heterocycles. The van der Waals surface area contributed by atoms with Crippen LogP contribution in [0.4, 0.5) is 0 Å². The summed E-state index contributed by atoms with van der Waals surface area (Å²) in [6.45, 7) is -0.703. The minimum Gasteiger partial charge on any atom is -0.481 e. The van der Waals surface area contributed by atoms with E-state index in [0.717, 1.165) is 22.0 Å². The summed E-state index contributed by atoms with van der Waals surface area (Å²) in [7, 11) is 0. The van der Waals surface area contributed by atoms with Crippen molar-refractivity contribution in [1.82, 2.24) is 20.9 Å². The third kappa shape index (κ3) is 8.68. The van der Waals surface area contributed by atoms with E-state index in [-0.39, 0.29) is 19.3 Å². The molecule has 0 aliphatic carbocycles. The summed E-state index contributed by atoms with van der Waals surface area (Å²) in [5.74, 6) is -4.68. The first-order chi connectivity index (χ1) is 18.6. The molecule has 3 amide bonds. The van der Waals surface area contributed by atoms with Crippen LogP contribution >= 0.6 is 0 Å². The maximum absolute atomic E-state index is 13.3. The minimum absolute atomic E-state index is 0.0701. The fraction of sp³-hybridized carbons (Fsp3) is 0.296. The molecule has 12 nitrogen and oxygen atoms in total. The van der Waals surface area contributed by atoms with Gasteiger partial charge in [0, 0.05) is 29.9 Å². The minimum atomic E-state index is -1.33. The normalized spacial score (nSPS) is 13.2. The van der Waals surface area contributed by atoms with Crippen molar-refractivity contribution in [2.75, 3.05) is 6.54 Å². The van der Waals surface area contributed by atoms with Crippen molar-refractivity contribution >= 4 is 40.6 Å². The van der Waals surface area contributed by atoms with Crippen LogP contribution in [0.15, 0.2) is 60.8 Å². The summed E-state index contributed by atoms with van der Waals surface area (Å²) < 4.78 is 0. The number of carboxylic acids is 2. The van der Waals surface area contributed by atoms with E-state index in [0.29, 0.717) is 0 Å². The Morgan fingerprint density at radius 1 is 0.795 bits per heavy atom. The molecule has 3 unspecified atom stereocenters. The third-order valence-corrected chi connectivity index (χ3v) is 6.06. The van der Waals surface area contributed by atoms with Crippen molar-refractivity contribution in [3.63, 3.8) is 0 Å². The molecule has 206 valence electrons. The van der Waals surface area contributed by atoms with E-state index in [2.05, 4.69) is 20.9 Å². The smallest absolute Gasteiger partial charge is 0.322 e. The van der Waals surface area contributed by atoms with Gasteiger partial charge in [-0.3, -0.25) is 24.0 Å². The highest BCUT2D eigenvalue weighted by Gasteiger charge is 2.29. The SMILES string of the molecule is NC(Cc1c[nH]c2ccccc12)C(=O)NC(Cc1ccccc1)C(=O)NC(CCC(=O)O)C(=O)NCC(=O)O. The molecule has 8 N–H and O–H groups in total. The Morgan fingerprint density at radius 2 is 1.46 bits per heavy atom. The number of amides is 3. The zero-order valence-corrected chi connectivity index (χ0v) is 21.1. The summed E-state index contributed by atoms with van der Waals surface area (Å²) in [5, 5.41) is 26.1. The first kappa shape index (κ1) is 28.9. The summed E-state index contributed by atoms with van der Waals surface area (Å²) in [5.41, 5.74) is 8.65. The van der Waals surface area contributed by atoms with Crippen molar-refractivity contribution in [3.8, 4) is 0 Å². The van der Waals surface area contributed by atoms with E-state index in [1.807, 2.05) is 24.3 Å². The van der Waals surface area contributed by atoms with Gasteiger partial charge in [0.25, 0.3) is 0 Å². The number of aromatic amines is 1. The molecule has 0 fully saturated rings. The molecule has 1 heterocycles. The van der Waals surface area contributed by atoms with Gasteiger partial charge in [-0.05, 0) is 30.0 Å². The largest absolute Gasteiger partial charge is 0.481 e. The van der Waals surface area contributed by atoms with Gasteiger partial charge in [0.2, 0.25) is 17.7 Å². The van der Waals surface area contributed by atoms with Gasteiger partial charge in [-0.2, -0.15) is 0 Å². The van der Waals surface area contributed by atoms with Crippen LogP contribution in [0.25, 0.3) is 10.9 Å². The standard InChI is InChI=1S/C27H31N5O7/c28-19(13-17-14-29-20-9-5-4-8-18(17)20)25(37)32-22(12-16-6-2-1-3-7-16)27(39)31-21(10-11-23(33)34)26(38)30-15-24(35)36/h1-9,14,19,21-22,29H,10-13,15,28H2,(H,30,38)(H,31,39)(H,32,37)(H,33,34)(H,35,36). The van der Waals surface area contributed by atoms with Gasteiger partial charge in [0.1, 0.15) is 18.6 Å². The number of fused-ring (bicyclic) bond motifs is 1. The van der Waals surface area contributed by atoms with E-state index in [4.69, 9.17) is 15.9 Å². The topological polar surface area (TPSA) is 204 Å². The summed E-state index contributed by atoms with van der Waals surface area (Å²) in [4.78, 5) is 63.9. The summed E-state index contributed by atoms with van der Waals surface area (Å²) in [6.07, 6.45) is 1.32. The maximum atomic E-state index is 13.3. The number of aromatic nitrogens is 1. The number of carbonyl (C=O) groups excluding carboxylic acids is 3. The number of nitrogens with two attached hydrogens (primary N) is 1. The number of rotatable bonds is 14. The van der Waals surface area contributed by atoms with Crippen LogP contribution in [0, 0.1) is 0 Å². The van der Waals surface area contributed by atoms with E-state index >= 15 is 0 Å². The van der Waals surface area contributed by atoms with Gasteiger partial charge in [0.15, 0.2) is 0 Å². The van der Waals surface area contributed by atoms with E-state index in [1.165, 1.54) is 0 Å². The zero-order valence-electron chi connectivity index (χ0n) is 21.1. The molecule has 3 aromatic rings. The lowest BCUT2D eigenvalue weighted by molar-refractivity contribution is -0.140. The number of carboxylic acid groups (broad SMARTS) is 2. The number of benzene rings is 2. The number of aliphatic carboxylic acids is 2. The average Bonchev–Trinajstić information content (AvgIpc) is 3.32. The Kier molecular flexibility index (Phi) is 10.2. The van der Waals surface area contributed by atoms with Crippen LogP contribution < -0.4 is 21.7 Å². The lowest BCUT2D eigenvalue weighted by atomic mass is 10.0. The van der Waals surface area contributed by atoms with Crippen LogP contribution in [0.3, 0.4) is 0 Å². The molecular weight excluding hydrogens is 506 g/mol. The molecule has 0 saturated heterocycles. The quantitative estimate of drug-likeness (QED) is 0.152. The fourth-order valence-electron chi connectivity index (χ4n) is 4.06. The molecule has 0 aliphatic heterocycles. The number of hydrogen-bond acceptors (Lipinski definition) is 6. The van der Waals surface area contributed by atoms with Crippen LogP contribution in [0.2, 0.25) is 0 Å². The molecule has 2 aromatic carbocycles. The lowest BCUT2D eigenvalue weighted by Gasteiger charge is -2.24. The Balaban J connectivity index is 1.75. The van der Waals surface area contributed by atoms with Gasteiger partial charge >= 0.3 is 11.9 Å². The Hall–Kier alpha value is -4.71. The van der Waals surface area contributed by atoms with E-state index in [9.17, 15) is 24.0 Å². The molecule has 0 radical (unpaired) electrons. The number of para-hydroxylation sites is 1. The number of H-pyrrole nitrogens is 1. The van der Waals surface area contributed by atoms with E-state index < -0.39 is 60.8 Å². The molecule has 0 aliphatic rings. The highest BCUT2D eigenvalue weighted by atomic mass is 16.4. The lowest BCUT2D eigenvalue weighted by Crippen LogP contribution is -2.57. The maximum Gasteiger partial charge on any atom is 0.322 e. The molecule has 3 atom stereocenters. The first-order valence-electron chi connectivity index (χ1n) is 12.3. The van der Waals surface area contributed by atoms with Gasteiger partial charge in [-0.25, -0.2) is 0 Å². The van der Waals surface area contributed by atoms with Crippen molar-refractivity contribution in [1.29, 1.82) is 0 Å². The summed E-state index contributed by atoms with van der Waals surface area (Å²) >= 11 is 0. The van der Waals surface area contributed by atoms with Crippen LogP contribution in [0.1, 0.15) is 24.0 Å². The fourth-order valence-corrected chi connectivity index (χ4v) is 4.06. The predicted molar refractivity (Wildman–Crippen MR) is 142 cm³/mol. The summed E-state index contributed by atoms with van der Waals surface area (Å²) in [6, 6.07) is 13.0. The molecule has 3 rings (SSSR count). The second kappa shape index (κ2) is 13.7. The Labute approximate surface area is 224 Å². The van der Waals surface area contributed by atoms with Gasteiger partial charge in [0.05, 0.1) is 6.04 Å². The number of carbonyl (C=O) groups is 5. The van der Waals surface area contributed by atoms with Crippen molar-refractivity contribution in [2.24, 2.45) is 5.73 Å². The van der Waals surface area contributed by atoms with Crippen LogP contribution in [-0.2, 0) is 36.8 Å². The van der Waals surface area contributed by atoms with Crippen molar-refractivity contribution in [2.45, 2.75) is 43.8 Å². The predicted octanol–water partition coefficient (Wildman–Crippen LogP) is 0.316. The van der Waals surface area contributed by atoms with Gasteiger partial charge < -0.3 is 36.9 Å². The monoisotopic (exact) mass is 537 g/mol.